The van der Waals surface area contributed by atoms with Gasteiger partial charge in [-0.25, -0.2) is 8.42 Å². The van der Waals surface area contributed by atoms with Crippen LogP contribution in [0.4, 0.5) is 5.69 Å². The van der Waals surface area contributed by atoms with E-state index in [0.29, 0.717) is 33.7 Å². The van der Waals surface area contributed by atoms with E-state index in [2.05, 4.69) is 21.2 Å². The Morgan fingerprint density at radius 1 is 1.00 bits per heavy atom. The van der Waals surface area contributed by atoms with E-state index in [1.165, 1.54) is 17.0 Å². The number of amides is 2. The van der Waals surface area contributed by atoms with Crippen LogP contribution in [-0.2, 0) is 26.2 Å². The fourth-order valence-electron chi connectivity index (χ4n) is 4.15. The fourth-order valence-corrected chi connectivity index (χ4v) is 6.14. The van der Waals surface area contributed by atoms with Gasteiger partial charge in [-0.1, -0.05) is 90.3 Å². The molecule has 0 saturated carbocycles. The van der Waals surface area contributed by atoms with Gasteiger partial charge in [0.1, 0.15) is 12.6 Å². The Morgan fingerprint density at radius 3 is 2.27 bits per heavy atom. The first-order valence-electron chi connectivity index (χ1n) is 13.1. The third-order valence-corrected chi connectivity index (χ3v) is 9.00. The maximum atomic E-state index is 14.1. The molecule has 0 aromatic heterocycles. The number of nitrogens with one attached hydrogen (secondary N) is 1. The first kappa shape index (κ1) is 31.6. The molecule has 0 unspecified atom stereocenters. The van der Waals surface area contributed by atoms with Gasteiger partial charge >= 0.3 is 0 Å². The average Bonchev–Trinajstić information content (AvgIpc) is 2.91. The van der Waals surface area contributed by atoms with Gasteiger partial charge < -0.3 is 10.2 Å². The van der Waals surface area contributed by atoms with Gasteiger partial charge in [0.2, 0.25) is 11.8 Å². The van der Waals surface area contributed by atoms with Crippen LogP contribution in [0.1, 0.15) is 38.3 Å². The zero-order valence-corrected chi connectivity index (χ0v) is 26.3. The summed E-state index contributed by atoms with van der Waals surface area (Å²) < 4.78 is 29.6. The van der Waals surface area contributed by atoms with Crippen molar-refractivity contribution >= 4 is 55.1 Å². The van der Waals surface area contributed by atoms with Crippen LogP contribution in [0, 0.1) is 12.8 Å². The first-order valence-corrected chi connectivity index (χ1v) is 15.7. The molecule has 0 aliphatic heterocycles. The fraction of sp³-hybridized carbons (Fsp3) is 0.333. The monoisotopic (exact) mass is 647 g/mol. The third kappa shape index (κ3) is 8.08. The summed E-state index contributed by atoms with van der Waals surface area (Å²) >= 11 is 9.85. The van der Waals surface area contributed by atoms with Gasteiger partial charge in [0, 0.05) is 22.6 Å². The highest BCUT2D eigenvalue weighted by Crippen LogP contribution is 2.28. The van der Waals surface area contributed by atoms with E-state index in [1.54, 1.807) is 60.7 Å². The molecule has 0 aliphatic carbocycles. The molecule has 0 saturated heterocycles. The second kappa shape index (κ2) is 14.1. The molecule has 1 atom stereocenters. The number of aryl methyl sites for hydroxylation is 1. The van der Waals surface area contributed by atoms with Crippen LogP contribution < -0.4 is 9.62 Å². The highest BCUT2D eigenvalue weighted by Gasteiger charge is 2.34. The lowest BCUT2D eigenvalue weighted by Gasteiger charge is -2.33. The second-order valence-corrected chi connectivity index (χ2v) is 13.2. The van der Waals surface area contributed by atoms with Crippen LogP contribution in [0.2, 0.25) is 5.02 Å². The zero-order chi connectivity index (χ0) is 29.4. The van der Waals surface area contributed by atoms with Crippen LogP contribution in [0.15, 0.2) is 82.2 Å². The van der Waals surface area contributed by atoms with Crippen molar-refractivity contribution in [2.75, 3.05) is 17.4 Å². The van der Waals surface area contributed by atoms with Crippen molar-refractivity contribution in [3.63, 3.8) is 0 Å². The molecule has 40 heavy (non-hydrogen) atoms. The van der Waals surface area contributed by atoms with E-state index in [4.69, 9.17) is 11.6 Å². The predicted octanol–water partition coefficient (Wildman–Crippen LogP) is 6.19. The smallest absolute Gasteiger partial charge is 0.264 e. The molecule has 2 amide bonds. The minimum absolute atomic E-state index is 0.0447. The summed E-state index contributed by atoms with van der Waals surface area (Å²) in [7, 11) is -4.13. The van der Waals surface area contributed by atoms with Crippen molar-refractivity contribution in [3.8, 4) is 0 Å². The Hall–Kier alpha value is -2.88. The number of hydrogen-bond acceptors (Lipinski definition) is 4. The van der Waals surface area contributed by atoms with E-state index < -0.39 is 28.5 Å². The van der Waals surface area contributed by atoms with Crippen molar-refractivity contribution in [1.82, 2.24) is 10.2 Å². The lowest BCUT2D eigenvalue weighted by Crippen LogP contribution is -2.52. The van der Waals surface area contributed by atoms with Gasteiger partial charge in [-0.05, 0) is 61.2 Å². The Bertz CT molecular complexity index is 1430. The van der Waals surface area contributed by atoms with Crippen molar-refractivity contribution in [2.24, 2.45) is 5.92 Å². The van der Waals surface area contributed by atoms with E-state index >= 15 is 0 Å². The van der Waals surface area contributed by atoms with Gasteiger partial charge in [-0.2, -0.15) is 0 Å². The highest BCUT2D eigenvalue weighted by atomic mass is 79.9. The van der Waals surface area contributed by atoms with Crippen LogP contribution in [-0.4, -0.2) is 44.3 Å². The molecule has 3 rings (SSSR count). The summed E-state index contributed by atoms with van der Waals surface area (Å²) in [5.74, 6) is -0.602. The van der Waals surface area contributed by atoms with Crippen molar-refractivity contribution in [3.05, 3.63) is 93.4 Å². The summed E-state index contributed by atoms with van der Waals surface area (Å²) in [6.45, 7) is 7.65. The lowest BCUT2D eigenvalue weighted by atomic mass is 10.1. The molecule has 3 aromatic rings. The van der Waals surface area contributed by atoms with Crippen molar-refractivity contribution in [1.29, 1.82) is 0 Å². The number of carbonyl (C=O) groups is 2. The standard InChI is InChI=1S/C30H35BrClN3O4S/c1-5-28(30(37)33-18-21(2)3)34(19-23-9-6-7-12-27(23)32)29(36)20-35(25-11-8-10-24(31)17-25)40(38,39)26-15-13-22(4)14-16-26/h6-17,21,28H,5,18-20H2,1-4H3,(H,33,37)/t28-/m0/s1. The third-order valence-electron chi connectivity index (χ3n) is 6.35. The molecule has 0 fully saturated rings. The molecule has 10 heteroatoms. The van der Waals surface area contributed by atoms with Crippen LogP contribution in [0.5, 0.6) is 0 Å². The summed E-state index contributed by atoms with van der Waals surface area (Å²) in [4.78, 5) is 28.8. The molecule has 7 nitrogen and oxygen atoms in total. The number of nitrogens with zero attached hydrogens (tertiary/aromatic N) is 2. The summed E-state index contributed by atoms with van der Waals surface area (Å²) in [6.07, 6.45) is 0.335. The van der Waals surface area contributed by atoms with E-state index in [9.17, 15) is 18.0 Å². The highest BCUT2D eigenvalue weighted by molar-refractivity contribution is 9.10. The Morgan fingerprint density at radius 2 is 1.68 bits per heavy atom. The Balaban J connectivity index is 2.06. The van der Waals surface area contributed by atoms with Gasteiger partial charge in [0.25, 0.3) is 10.0 Å². The summed E-state index contributed by atoms with van der Waals surface area (Å²) in [5, 5.41) is 3.37. The molecular formula is C30H35BrClN3O4S. The number of rotatable bonds is 12. The lowest BCUT2D eigenvalue weighted by molar-refractivity contribution is -0.140. The Kier molecular flexibility index (Phi) is 11.2. The average molecular weight is 649 g/mol. The maximum Gasteiger partial charge on any atom is 0.264 e. The zero-order valence-electron chi connectivity index (χ0n) is 23.1. The number of hydrogen-bond donors (Lipinski definition) is 1. The topological polar surface area (TPSA) is 86.8 Å². The molecule has 3 aromatic carbocycles. The van der Waals surface area contributed by atoms with Gasteiger partial charge in [0.15, 0.2) is 0 Å². The van der Waals surface area contributed by atoms with E-state index in [0.717, 1.165) is 9.87 Å². The number of sulfonamides is 1. The molecular weight excluding hydrogens is 614 g/mol. The molecule has 0 radical (unpaired) electrons. The summed E-state index contributed by atoms with van der Waals surface area (Å²) in [5.41, 5.74) is 1.88. The number of anilines is 1. The number of carbonyl (C=O) groups excluding carboxylic acids is 2. The minimum Gasteiger partial charge on any atom is -0.354 e. The van der Waals surface area contributed by atoms with Gasteiger partial charge in [-0.3, -0.25) is 13.9 Å². The molecule has 0 spiro atoms. The normalized spacial score (nSPS) is 12.2. The minimum atomic E-state index is -4.13. The van der Waals surface area contributed by atoms with Crippen LogP contribution in [0.3, 0.4) is 0 Å². The largest absolute Gasteiger partial charge is 0.354 e. The van der Waals surface area contributed by atoms with Crippen LogP contribution >= 0.6 is 27.5 Å². The van der Waals surface area contributed by atoms with Gasteiger partial charge in [-0.15, -0.1) is 0 Å². The predicted molar refractivity (Wildman–Crippen MR) is 164 cm³/mol. The molecule has 1 N–H and O–H groups in total. The molecule has 0 heterocycles. The van der Waals surface area contributed by atoms with Crippen molar-refractivity contribution in [2.45, 2.75) is 51.6 Å². The Labute approximate surface area is 250 Å². The van der Waals surface area contributed by atoms with E-state index in [1.807, 2.05) is 27.7 Å². The maximum absolute atomic E-state index is 14.1. The quantitative estimate of drug-likeness (QED) is 0.254. The first-order chi connectivity index (χ1) is 18.9. The SMILES string of the molecule is CC[C@@H](C(=O)NCC(C)C)N(Cc1ccccc1Cl)C(=O)CN(c1cccc(Br)c1)S(=O)(=O)c1ccc(C)cc1. The molecule has 214 valence electrons. The number of benzene rings is 3. The summed E-state index contributed by atoms with van der Waals surface area (Å²) in [6, 6.07) is 19.5. The van der Waals surface area contributed by atoms with Gasteiger partial charge in [0.05, 0.1) is 10.6 Å². The van der Waals surface area contributed by atoms with Crippen molar-refractivity contribution < 1.29 is 18.0 Å². The number of halogens is 2. The molecule has 0 bridgehead atoms. The van der Waals surface area contributed by atoms with Crippen LogP contribution in [0.25, 0.3) is 0 Å². The molecule has 0 aliphatic rings. The van der Waals surface area contributed by atoms with E-state index in [-0.39, 0.29) is 23.3 Å². The second-order valence-electron chi connectivity index (χ2n) is 9.98.